The van der Waals surface area contributed by atoms with Crippen molar-refractivity contribution in [3.8, 4) is 5.75 Å². The van der Waals surface area contributed by atoms with Gasteiger partial charge in [-0.05, 0) is 60.1 Å². The Kier molecular flexibility index (Phi) is 4.33. The lowest BCUT2D eigenvalue weighted by molar-refractivity contribution is 0.316. The Labute approximate surface area is 124 Å². The number of benzene rings is 1. The van der Waals surface area contributed by atoms with Crippen LogP contribution in [0.4, 0.5) is 0 Å². The van der Waals surface area contributed by atoms with Crippen LogP contribution in [0.5, 0.6) is 5.75 Å². The van der Waals surface area contributed by atoms with Crippen LogP contribution in [-0.4, -0.2) is 29.5 Å². The molecule has 0 spiro atoms. The Morgan fingerprint density at radius 3 is 2.85 bits per heavy atom. The summed E-state index contributed by atoms with van der Waals surface area (Å²) in [5.74, 6) is 1.71. The smallest absolute Gasteiger partial charge is 0.118 e. The van der Waals surface area contributed by atoms with E-state index in [2.05, 4.69) is 38.9 Å². The summed E-state index contributed by atoms with van der Waals surface area (Å²) in [5.41, 5.74) is 2.76. The molecule has 20 heavy (non-hydrogen) atoms. The van der Waals surface area contributed by atoms with Crippen molar-refractivity contribution < 1.29 is 4.74 Å². The zero-order chi connectivity index (χ0) is 13.8. The van der Waals surface area contributed by atoms with Crippen molar-refractivity contribution in [2.75, 3.05) is 20.2 Å². The van der Waals surface area contributed by atoms with Gasteiger partial charge in [0, 0.05) is 24.7 Å². The van der Waals surface area contributed by atoms with E-state index < -0.39 is 0 Å². The largest absolute Gasteiger partial charge is 0.497 e. The number of methoxy groups -OCH3 is 1. The van der Waals surface area contributed by atoms with E-state index in [-0.39, 0.29) is 0 Å². The van der Waals surface area contributed by atoms with E-state index in [1.54, 1.807) is 18.6 Å². The number of hydrogen-bond acceptors (Lipinski definition) is 4. The number of hydrogen-bond donors (Lipinski definition) is 0. The lowest BCUT2D eigenvalue weighted by Crippen LogP contribution is -2.20. The van der Waals surface area contributed by atoms with E-state index in [1.165, 1.54) is 37.1 Å². The van der Waals surface area contributed by atoms with E-state index >= 15 is 0 Å². The minimum Gasteiger partial charge on any atom is -0.497 e. The molecule has 1 saturated heterocycles. The van der Waals surface area contributed by atoms with Crippen LogP contribution >= 0.6 is 11.5 Å². The molecule has 0 saturated carbocycles. The first-order valence-electron chi connectivity index (χ1n) is 7.07. The molecule has 1 aromatic heterocycles. The predicted molar refractivity (Wildman–Crippen MR) is 82.2 cm³/mol. The second kappa shape index (κ2) is 6.37. The third-order valence-corrected chi connectivity index (χ3v) is 4.58. The first-order chi connectivity index (χ1) is 9.83. The summed E-state index contributed by atoms with van der Waals surface area (Å²) < 4.78 is 9.37. The van der Waals surface area contributed by atoms with Crippen molar-refractivity contribution in [3.63, 3.8) is 0 Å². The Hall–Kier alpha value is -1.39. The van der Waals surface area contributed by atoms with E-state index in [0.717, 1.165) is 18.2 Å². The summed E-state index contributed by atoms with van der Waals surface area (Å²) in [6.45, 7) is 3.45. The van der Waals surface area contributed by atoms with Crippen LogP contribution in [0.25, 0.3) is 0 Å². The Balaban J connectivity index is 1.51. The minimum atomic E-state index is 0.773. The maximum absolute atomic E-state index is 5.20. The maximum atomic E-state index is 5.20. The highest BCUT2D eigenvalue weighted by Crippen LogP contribution is 2.23. The number of aromatic nitrogens is 1. The predicted octanol–water partition coefficient (Wildman–Crippen LogP) is 3.22. The van der Waals surface area contributed by atoms with Crippen molar-refractivity contribution in [2.24, 2.45) is 5.92 Å². The molecule has 2 heterocycles. The van der Waals surface area contributed by atoms with Crippen LogP contribution in [-0.2, 0) is 13.0 Å². The standard InChI is InChI=1S/C16H20N2OS/c1-19-16-4-2-13(3-5-16)8-14-6-7-18(10-14)11-15-9-17-20-12-15/h2-5,9,12,14H,6-8,10-11H2,1H3. The lowest BCUT2D eigenvalue weighted by atomic mass is 9.99. The molecule has 1 atom stereocenters. The minimum absolute atomic E-state index is 0.773. The van der Waals surface area contributed by atoms with Gasteiger partial charge in [0.25, 0.3) is 0 Å². The average Bonchev–Trinajstić information content (AvgIpc) is 3.12. The highest BCUT2D eigenvalue weighted by atomic mass is 32.1. The lowest BCUT2D eigenvalue weighted by Gasteiger charge is -2.15. The molecule has 106 valence electrons. The highest BCUT2D eigenvalue weighted by Gasteiger charge is 2.22. The monoisotopic (exact) mass is 288 g/mol. The molecule has 3 rings (SSSR count). The maximum Gasteiger partial charge on any atom is 0.118 e. The summed E-state index contributed by atoms with van der Waals surface area (Å²) in [4.78, 5) is 2.54. The summed E-state index contributed by atoms with van der Waals surface area (Å²) in [6.07, 6.45) is 4.45. The van der Waals surface area contributed by atoms with E-state index in [9.17, 15) is 0 Å². The Morgan fingerprint density at radius 2 is 2.15 bits per heavy atom. The van der Waals surface area contributed by atoms with Gasteiger partial charge >= 0.3 is 0 Å². The zero-order valence-electron chi connectivity index (χ0n) is 11.8. The fourth-order valence-electron chi connectivity index (χ4n) is 2.88. The van der Waals surface area contributed by atoms with E-state index in [1.807, 2.05) is 6.20 Å². The molecule has 1 fully saturated rings. The van der Waals surface area contributed by atoms with Gasteiger partial charge in [-0.3, -0.25) is 4.90 Å². The van der Waals surface area contributed by atoms with E-state index in [0.29, 0.717) is 0 Å². The van der Waals surface area contributed by atoms with Gasteiger partial charge in [0.1, 0.15) is 5.75 Å². The molecule has 1 unspecified atom stereocenters. The molecule has 1 aliphatic rings. The first kappa shape index (κ1) is 13.6. The number of nitrogens with zero attached hydrogens (tertiary/aromatic N) is 2. The van der Waals surface area contributed by atoms with Crippen LogP contribution in [0.2, 0.25) is 0 Å². The van der Waals surface area contributed by atoms with Crippen LogP contribution < -0.4 is 4.74 Å². The Bertz CT molecular complexity index is 524. The van der Waals surface area contributed by atoms with Crippen LogP contribution in [0.15, 0.2) is 35.8 Å². The van der Waals surface area contributed by atoms with Gasteiger partial charge in [-0.2, -0.15) is 0 Å². The van der Waals surface area contributed by atoms with Crippen molar-refractivity contribution in [1.29, 1.82) is 0 Å². The summed E-state index contributed by atoms with van der Waals surface area (Å²) in [7, 11) is 1.71. The SMILES string of the molecule is COc1ccc(CC2CCN(Cc3cnsc3)C2)cc1. The summed E-state index contributed by atoms with van der Waals surface area (Å²) in [5, 5.41) is 2.15. The molecule has 1 aromatic carbocycles. The first-order valence-corrected chi connectivity index (χ1v) is 7.90. The van der Waals surface area contributed by atoms with Gasteiger partial charge in [-0.25, -0.2) is 4.37 Å². The zero-order valence-corrected chi connectivity index (χ0v) is 12.6. The van der Waals surface area contributed by atoms with Crippen LogP contribution in [0.3, 0.4) is 0 Å². The molecule has 2 aromatic rings. The Morgan fingerprint density at radius 1 is 1.30 bits per heavy atom. The second-order valence-electron chi connectivity index (χ2n) is 5.47. The third-order valence-electron chi connectivity index (χ3n) is 3.94. The molecule has 0 amide bonds. The van der Waals surface area contributed by atoms with Crippen molar-refractivity contribution in [1.82, 2.24) is 9.27 Å². The van der Waals surface area contributed by atoms with Gasteiger partial charge in [0.15, 0.2) is 0 Å². The highest BCUT2D eigenvalue weighted by molar-refractivity contribution is 7.03. The number of ether oxygens (including phenoxy) is 1. The molecule has 0 radical (unpaired) electrons. The van der Waals surface area contributed by atoms with E-state index in [4.69, 9.17) is 4.74 Å². The summed E-state index contributed by atoms with van der Waals surface area (Å²) >= 11 is 1.54. The van der Waals surface area contributed by atoms with Gasteiger partial charge < -0.3 is 4.74 Å². The fraction of sp³-hybridized carbons (Fsp3) is 0.438. The topological polar surface area (TPSA) is 25.4 Å². The molecule has 0 N–H and O–H groups in total. The van der Waals surface area contributed by atoms with Crippen molar-refractivity contribution >= 4 is 11.5 Å². The van der Waals surface area contributed by atoms with Gasteiger partial charge in [0.2, 0.25) is 0 Å². The van der Waals surface area contributed by atoms with Crippen molar-refractivity contribution in [2.45, 2.75) is 19.4 Å². The number of likely N-dealkylation sites (tertiary alicyclic amines) is 1. The van der Waals surface area contributed by atoms with Crippen LogP contribution in [0.1, 0.15) is 17.5 Å². The normalized spacial score (nSPS) is 19.4. The second-order valence-corrected chi connectivity index (χ2v) is 6.13. The molecule has 1 aliphatic heterocycles. The van der Waals surface area contributed by atoms with Crippen molar-refractivity contribution in [3.05, 3.63) is 47.0 Å². The van der Waals surface area contributed by atoms with Gasteiger partial charge in [0.05, 0.1) is 7.11 Å². The molecule has 3 nitrogen and oxygen atoms in total. The molecular formula is C16H20N2OS. The quantitative estimate of drug-likeness (QED) is 0.844. The van der Waals surface area contributed by atoms with Crippen LogP contribution in [0, 0.1) is 5.92 Å². The third kappa shape index (κ3) is 3.38. The molecule has 0 bridgehead atoms. The number of rotatable bonds is 5. The average molecular weight is 288 g/mol. The molecule has 0 aliphatic carbocycles. The molecule has 4 heteroatoms. The van der Waals surface area contributed by atoms with Gasteiger partial charge in [-0.1, -0.05) is 12.1 Å². The molecular weight excluding hydrogens is 268 g/mol. The van der Waals surface area contributed by atoms with Gasteiger partial charge in [-0.15, -0.1) is 0 Å². The fourth-order valence-corrected chi connectivity index (χ4v) is 3.41. The summed E-state index contributed by atoms with van der Waals surface area (Å²) in [6, 6.07) is 8.48.